The number of esters is 1. The molecule has 33 heteroatoms. The molecule has 2 saturated heterocycles. The molecule has 6 heterocycles. The van der Waals surface area contributed by atoms with Crippen LogP contribution in [0.1, 0.15) is 169 Å². The molecule has 0 unspecified atom stereocenters. The predicted octanol–water partition coefficient (Wildman–Crippen LogP) is 9.42. The van der Waals surface area contributed by atoms with Crippen molar-refractivity contribution in [2.75, 3.05) is 166 Å². The number of aliphatic hydroxyl groups is 3. The van der Waals surface area contributed by atoms with Gasteiger partial charge in [0, 0.05) is 94.3 Å². The summed E-state index contributed by atoms with van der Waals surface area (Å²) in [5.74, 6) is -6.62. The number of piperidine rings is 1. The molecule has 1 aromatic carbocycles. The molecule has 0 spiro atoms. The van der Waals surface area contributed by atoms with E-state index in [1.807, 2.05) is 68.7 Å². The molecule has 3 aliphatic heterocycles. The fourth-order valence-corrected chi connectivity index (χ4v) is 17.5. The maximum atomic E-state index is 14.8. The molecule has 2 saturated carbocycles. The van der Waals surface area contributed by atoms with Gasteiger partial charge in [-0.2, -0.15) is 5.10 Å². The topological polar surface area (TPSA) is 414 Å². The third-order valence-corrected chi connectivity index (χ3v) is 25.0. The Kier molecular flexibility index (Phi) is 43.4. The number of para-hydroxylation sites is 1. The van der Waals surface area contributed by atoms with Crippen molar-refractivity contribution in [3.05, 3.63) is 89.6 Å². The number of carbonyl (C=O) groups excluding carboxylic acids is 6. The number of anilines is 1. The van der Waals surface area contributed by atoms with Crippen molar-refractivity contribution >= 4 is 57.7 Å². The van der Waals surface area contributed by atoms with Crippen LogP contribution in [0.4, 0.5) is 10.6 Å². The average Bonchev–Trinajstić information content (AvgIpc) is 1.40. The first-order valence-corrected chi connectivity index (χ1v) is 45.5. The highest BCUT2D eigenvalue weighted by Crippen LogP contribution is 2.42. The highest BCUT2D eigenvalue weighted by atomic mass is 16.6. The monoisotopic (exact) mass is 1770 g/mol. The van der Waals surface area contributed by atoms with Gasteiger partial charge in [0.1, 0.15) is 53.8 Å². The zero-order valence-electron chi connectivity index (χ0n) is 76.1. The van der Waals surface area contributed by atoms with E-state index in [9.17, 15) is 44.1 Å². The Morgan fingerprint density at radius 1 is 0.683 bits per heavy atom. The van der Waals surface area contributed by atoms with Crippen LogP contribution in [0.5, 0.6) is 0 Å². The van der Waals surface area contributed by atoms with Gasteiger partial charge in [-0.1, -0.05) is 89.3 Å². The van der Waals surface area contributed by atoms with Crippen LogP contribution in [0.25, 0.3) is 27.8 Å². The van der Waals surface area contributed by atoms with Gasteiger partial charge in [-0.05, 0) is 151 Å². The number of carbonyl (C=O) groups is 6. The fourth-order valence-electron chi connectivity index (χ4n) is 17.5. The van der Waals surface area contributed by atoms with Crippen molar-refractivity contribution in [3.8, 4) is 11.4 Å². The first kappa shape index (κ1) is 102. The lowest BCUT2D eigenvalue weighted by Crippen LogP contribution is -2.61. The molecule has 2 aliphatic carbocycles. The van der Waals surface area contributed by atoms with E-state index in [0.29, 0.717) is 200 Å². The van der Waals surface area contributed by atoms with Crippen molar-refractivity contribution in [1.82, 2.24) is 40.1 Å². The lowest BCUT2D eigenvalue weighted by molar-refractivity contribution is -0.265. The maximum absolute atomic E-state index is 14.8. The van der Waals surface area contributed by atoms with Crippen LogP contribution in [0, 0.1) is 48.3 Å². The normalized spacial score (nSPS) is 29.0. The van der Waals surface area contributed by atoms with Gasteiger partial charge >= 0.3 is 12.1 Å². The van der Waals surface area contributed by atoms with Crippen molar-refractivity contribution < 1.29 is 115 Å². The molecule has 0 radical (unpaired) electrons. The van der Waals surface area contributed by atoms with Crippen LogP contribution in [-0.2, 0) is 95.0 Å². The number of alkyl carbamates (subject to hydrolysis) is 1. The third kappa shape index (κ3) is 30.8. The summed E-state index contributed by atoms with van der Waals surface area (Å²) in [7, 11) is 4.52. The molecule has 2 bridgehead atoms. The number of imidazole rings is 1. The van der Waals surface area contributed by atoms with E-state index < -0.39 is 102 Å². The summed E-state index contributed by atoms with van der Waals surface area (Å²) in [6, 6.07) is 7.09. The second-order valence-electron chi connectivity index (χ2n) is 34.4. The van der Waals surface area contributed by atoms with Gasteiger partial charge in [-0.15, -0.1) is 0 Å². The molecule has 3 aromatic heterocycles. The number of amides is 3. The van der Waals surface area contributed by atoms with Crippen molar-refractivity contribution in [1.29, 1.82) is 0 Å². The molecule has 33 nitrogen and oxygen atoms in total. The zero-order chi connectivity index (χ0) is 90.5. The summed E-state index contributed by atoms with van der Waals surface area (Å²) in [6.45, 7) is 22.5. The summed E-state index contributed by atoms with van der Waals surface area (Å²) >= 11 is 0. The maximum Gasteiger partial charge on any atom is 0.407 e. The van der Waals surface area contributed by atoms with Gasteiger partial charge in [-0.25, -0.2) is 24.1 Å². The minimum Gasteiger partial charge on any atom is -0.460 e. The number of nitrogens with two attached hydrogens (primary N) is 1. The second kappa shape index (κ2) is 53.6. The Labute approximate surface area is 742 Å². The smallest absolute Gasteiger partial charge is 0.407 e. The number of aromatic amines is 1. The van der Waals surface area contributed by atoms with Gasteiger partial charge in [-0.3, -0.25) is 19.2 Å². The van der Waals surface area contributed by atoms with Crippen LogP contribution in [0.15, 0.2) is 78.2 Å². The fraction of sp³-hybridized carbons (Fsp3) is 0.710. The number of fused-ring (bicyclic) bond motifs is 5. The molecule has 4 fully saturated rings. The number of hydrogen-bond donors (Lipinski definition) is 7. The van der Waals surface area contributed by atoms with E-state index >= 15 is 0 Å². The van der Waals surface area contributed by atoms with E-state index in [2.05, 4.69) is 50.8 Å². The van der Waals surface area contributed by atoms with Crippen LogP contribution >= 0.6 is 0 Å². The summed E-state index contributed by atoms with van der Waals surface area (Å²) in [6.07, 6.45) is 13.5. The van der Waals surface area contributed by atoms with Crippen molar-refractivity contribution in [2.45, 2.75) is 225 Å². The standard InChI is InChI=1S/C93H143N9O24/c1-60-18-13-12-14-19-61(2)77(112-9)57-72-29-23-67(8)93(111,126-72)86(106)90(108)101-33-16-15-22-74(101)91(109)124-78(58-75(103)63(4)53-66(7)84(105)85(114-11)83(104)65(6)52-60)64(5)54-68-24-30-76(79(55-68)113-10)125-92(110)96-32-35-116-37-39-118-41-43-120-45-47-122-49-51-123-50-48-121-46-44-119-42-40-117-38-36-115-34-31-95-89(107)70-27-25-69(26-28-70)88-100-81(82-87(94)97-59-98-102(82)88)73-56-71-21-17-20-62(3)80(71)99-73/h12-14,17-21,53,56,59-60,63-65,67-70,72,74-79,84-85,99,103,105,111H,15-16,22-52,54-55,57-58H2,1-11H3,(H,95,107)(H,96,110)(H2,94,97,98)/b14-12+,18-13+,61-19+,66-53+/t60-,63-,64-,65-,67-,68+,69-,70-,72+,74+,75-,76-,77+,78+,79-,84-,85+,93-/m1/s1. The number of Topliss-reactive ketones (excluding diaryl/α,β-unsaturated/α-hetero) is 2. The molecule has 126 heavy (non-hydrogen) atoms. The predicted molar refractivity (Wildman–Crippen MR) is 471 cm³/mol. The SMILES string of the molecule is CO[C@H]1C[C@@H]2CC[C@@H](C)[C@@](O)(O2)C(=O)C(=O)N2CCCC[C@H]2C(=O)O[C@H]([C@H](C)C[C@@H]2CC[C@@H](OC(=O)NCCOCCOCCOCCOCCOCCOCCOCCOCCOCCNC(=O)[C@H]3CC[C@H](c4nc(-c5cc6cccc(C)c6[nH]5)c5c(N)ncnn54)CC3)[C@H](OC)C2)C[C@@H](O)[C@H](C)/C=C(\C)[C@@H](O)[C@@H](OC)C(=O)[C@H](C)C[C@H](C)/C=C/C=C/C=C/1C. The van der Waals surface area contributed by atoms with Crippen LogP contribution in [0.2, 0.25) is 0 Å². The minimum absolute atomic E-state index is 0.00629. The van der Waals surface area contributed by atoms with Crippen molar-refractivity contribution in [2.24, 2.45) is 41.4 Å². The third-order valence-electron chi connectivity index (χ3n) is 25.0. The Hall–Kier alpha value is -7.55. The molecule has 704 valence electrons. The zero-order valence-corrected chi connectivity index (χ0v) is 76.1. The number of aryl methyl sites for hydroxylation is 1. The second-order valence-corrected chi connectivity index (χ2v) is 34.4. The summed E-state index contributed by atoms with van der Waals surface area (Å²) in [5, 5.41) is 47.3. The molecule has 9 rings (SSSR count). The molecule has 16 atom stereocenters. The van der Waals surface area contributed by atoms with Gasteiger partial charge < -0.3 is 113 Å². The number of allylic oxidation sites excluding steroid dienone is 5. The number of aliphatic hydroxyl groups excluding tert-OH is 2. The van der Waals surface area contributed by atoms with Crippen LogP contribution in [-0.4, -0.2) is 301 Å². The highest BCUT2D eigenvalue weighted by Gasteiger charge is 2.53. The van der Waals surface area contributed by atoms with E-state index in [4.69, 9.17) is 81.8 Å². The number of cyclic esters (lactones) is 1. The number of aromatic nitrogens is 5. The minimum atomic E-state index is -2.47. The number of H-pyrrole nitrogens is 1. The lowest BCUT2D eigenvalue weighted by Gasteiger charge is -2.43. The Bertz CT molecular complexity index is 4130. The molecule has 5 aliphatic rings. The number of nitrogens with zero attached hydrogens (tertiary/aromatic N) is 5. The van der Waals surface area contributed by atoms with Gasteiger partial charge in [0.05, 0.1) is 149 Å². The lowest BCUT2D eigenvalue weighted by atomic mass is 9.78. The first-order valence-electron chi connectivity index (χ1n) is 45.5. The molecule has 4 aromatic rings. The largest absolute Gasteiger partial charge is 0.460 e. The number of methoxy groups -OCH3 is 3. The molecular formula is C93H143N9O24. The number of ether oxygens (including phenoxy) is 15. The molecular weight excluding hydrogens is 1630 g/mol. The summed E-state index contributed by atoms with van der Waals surface area (Å²) in [4.78, 5) is 98.0. The molecule has 3 amide bonds. The van der Waals surface area contributed by atoms with E-state index in [1.54, 1.807) is 41.1 Å². The number of rotatable bonds is 40. The Morgan fingerprint density at radius 2 is 1.30 bits per heavy atom. The number of hydrogen-bond acceptors (Lipinski definition) is 28. The number of ketones is 2. The van der Waals surface area contributed by atoms with Gasteiger partial charge in [0.25, 0.3) is 11.7 Å². The number of nitrogen functional groups attached to an aromatic ring is 1. The first-order chi connectivity index (χ1) is 60.8. The van der Waals surface area contributed by atoms with Crippen LogP contribution < -0.4 is 16.4 Å². The Morgan fingerprint density at radius 3 is 1.90 bits per heavy atom. The number of benzene rings is 1. The van der Waals surface area contributed by atoms with E-state index in [-0.39, 0.29) is 73.8 Å². The highest BCUT2D eigenvalue weighted by molar-refractivity contribution is 6.39. The van der Waals surface area contributed by atoms with Gasteiger partial charge in [0.15, 0.2) is 11.6 Å². The average molecular weight is 1770 g/mol. The van der Waals surface area contributed by atoms with Crippen molar-refractivity contribution in [3.63, 3.8) is 0 Å². The quantitative estimate of drug-likeness (QED) is 0.00943. The van der Waals surface area contributed by atoms with E-state index in [0.717, 1.165) is 64.9 Å². The Balaban J connectivity index is 0.582. The molecule has 8 N–H and O–H groups in total. The summed E-state index contributed by atoms with van der Waals surface area (Å²) < 4.78 is 88.5. The van der Waals surface area contributed by atoms with E-state index in [1.165, 1.54) is 18.3 Å². The van der Waals surface area contributed by atoms with Gasteiger partial charge in [0.2, 0.25) is 11.7 Å². The summed E-state index contributed by atoms with van der Waals surface area (Å²) in [5.41, 5.74) is 12.1. The number of nitrogens with one attached hydrogen (secondary N) is 3. The van der Waals surface area contributed by atoms with Crippen LogP contribution in [0.3, 0.4) is 0 Å².